The van der Waals surface area contributed by atoms with E-state index in [2.05, 4.69) is 5.32 Å². The van der Waals surface area contributed by atoms with Crippen molar-refractivity contribution in [3.8, 4) is 0 Å². The number of carboxylic acid groups (broad SMARTS) is 1. The van der Waals surface area contributed by atoms with Gasteiger partial charge < -0.3 is 15.5 Å². The van der Waals surface area contributed by atoms with E-state index in [0.717, 1.165) is 16.0 Å². The van der Waals surface area contributed by atoms with Crippen LogP contribution in [0.4, 0.5) is 4.39 Å². The zero-order valence-corrected chi connectivity index (χ0v) is 11.1. The van der Waals surface area contributed by atoms with Crippen LogP contribution in [0, 0.1) is 5.82 Å². The van der Waals surface area contributed by atoms with Gasteiger partial charge in [0.2, 0.25) is 0 Å². The summed E-state index contributed by atoms with van der Waals surface area (Å²) in [5.41, 5.74) is 0. The number of benzene rings is 1. The molecule has 20 heavy (non-hydrogen) atoms. The Labute approximate surface area is 117 Å². The Morgan fingerprint density at radius 2 is 2.10 bits per heavy atom. The number of nitrogens with one attached hydrogen (secondary N) is 1. The van der Waals surface area contributed by atoms with Crippen molar-refractivity contribution in [1.82, 2.24) is 5.32 Å². The van der Waals surface area contributed by atoms with Crippen LogP contribution in [0.25, 0.3) is 10.1 Å². The summed E-state index contributed by atoms with van der Waals surface area (Å²) in [4.78, 5) is 23.2. The first kappa shape index (κ1) is 14.4. The van der Waals surface area contributed by atoms with Crippen LogP contribution in [0.15, 0.2) is 24.3 Å². The zero-order valence-electron chi connectivity index (χ0n) is 10.3. The molecule has 106 valence electrons. The number of amides is 1. The van der Waals surface area contributed by atoms with Gasteiger partial charge in [0.25, 0.3) is 5.91 Å². The van der Waals surface area contributed by atoms with Crippen LogP contribution < -0.4 is 5.32 Å². The van der Waals surface area contributed by atoms with E-state index in [1.54, 1.807) is 6.07 Å². The minimum atomic E-state index is -1.21. The Morgan fingerprint density at radius 3 is 2.75 bits per heavy atom. The normalized spacial score (nSPS) is 12.3. The Bertz CT molecular complexity index is 655. The number of aliphatic carboxylic acids is 1. The third kappa shape index (κ3) is 3.12. The summed E-state index contributed by atoms with van der Waals surface area (Å²) in [6.45, 7) is -0.338. The molecule has 5 nitrogen and oxygen atoms in total. The minimum Gasteiger partial charge on any atom is -0.480 e. The maximum atomic E-state index is 13.1. The lowest BCUT2D eigenvalue weighted by Gasteiger charge is -2.11. The van der Waals surface area contributed by atoms with Crippen LogP contribution >= 0.6 is 11.3 Å². The molecule has 3 N–H and O–H groups in total. The molecule has 7 heteroatoms. The van der Waals surface area contributed by atoms with Crippen LogP contribution in [0.3, 0.4) is 0 Å². The highest BCUT2D eigenvalue weighted by atomic mass is 32.1. The molecule has 1 aromatic heterocycles. The average Bonchev–Trinajstić information content (AvgIpc) is 2.80. The number of hydrogen-bond donors (Lipinski definition) is 3. The minimum absolute atomic E-state index is 0.0689. The number of rotatable bonds is 5. The summed E-state index contributed by atoms with van der Waals surface area (Å²) in [5, 5.41) is 20.6. The van der Waals surface area contributed by atoms with Crippen molar-refractivity contribution in [2.24, 2.45) is 0 Å². The Morgan fingerprint density at radius 1 is 1.35 bits per heavy atom. The molecule has 0 bridgehead atoms. The summed E-state index contributed by atoms with van der Waals surface area (Å²) in [6, 6.07) is 4.54. The second kappa shape index (κ2) is 5.98. The fourth-order valence-electron chi connectivity index (χ4n) is 1.74. The van der Waals surface area contributed by atoms with Gasteiger partial charge in [-0.15, -0.1) is 11.3 Å². The van der Waals surface area contributed by atoms with Gasteiger partial charge in [0.15, 0.2) is 0 Å². The SMILES string of the molecule is O=C(NC(CCO)C(=O)O)c1cc2cc(F)ccc2s1. The molecule has 2 rings (SSSR count). The molecular weight excluding hydrogens is 285 g/mol. The number of carbonyl (C=O) groups excluding carboxylic acids is 1. The molecule has 0 radical (unpaired) electrons. The fourth-order valence-corrected chi connectivity index (χ4v) is 2.69. The molecule has 0 saturated carbocycles. The molecule has 1 amide bonds. The van der Waals surface area contributed by atoms with E-state index in [9.17, 15) is 14.0 Å². The van der Waals surface area contributed by atoms with E-state index in [1.807, 2.05) is 0 Å². The maximum absolute atomic E-state index is 13.1. The first-order chi connectivity index (χ1) is 9.51. The summed E-state index contributed by atoms with van der Waals surface area (Å²) >= 11 is 1.15. The maximum Gasteiger partial charge on any atom is 0.326 e. The second-order valence-corrected chi connectivity index (χ2v) is 5.25. The van der Waals surface area contributed by atoms with Crippen molar-refractivity contribution in [1.29, 1.82) is 0 Å². The molecule has 1 unspecified atom stereocenters. The highest BCUT2D eigenvalue weighted by molar-refractivity contribution is 7.20. The molecule has 0 saturated heterocycles. The van der Waals surface area contributed by atoms with Crippen LogP contribution in [0.1, 0.15) is 16.1 Å². The molecule has 1 aromatic carbocycles. The van der Waals surface area contributed by atoms with E-state index >= 15 is 0 Å². The van der Waals surface area contributed by atoms with Crippen LogP contribution in [-0.2, 0) is 4.79 Å². The predicted octanol–water partition coefficient (Wildman–Crippen LogP) is 1.61. The van der Waals surface area contributed by atoms with Crippen molar-refractivity contribution in [2.45, 2.75) is 12.5 Å². The van der Waals surface area contributed by atoms with Gasteiger partial charge in [-0.3, -0.25) is 4.79 Å². The number of thiophene rings is 1. The van der Waals surface area contributed by atoms with Crippen molar-refractivity contribution < 1.29 is 24.2 Å². The molecule has 0 fully saturated rings. The third-order valence-corrected chi connectivity index (χ3v) is 3.84. The Hall–Kier alpha value is -1.99. The molecule has 1 heterocycles. The summed E-state index contributed by atoms with van der Waals surface area (Å²) in [5.74, 6) is -2.15. The van der Waals surface area contributed by atoms with Crippen molar-refractivity contribution >= 4 is 33.3 Å². The number of aliphatic hydroxyl groups is 1. The summed E-state index contributed by atoms with van der Waals surface area (Å²) < 4.78 is 13.8. The average molecular weight is 297 g/mol. The van der Waals surface area contributed by atoms with Crippen molar-refractivity contribution in [3.05, 3.63) is 35.0 Å². The highest BCUT2D eigenvalue weighted by Gasteiger charge is 2.21. The number of fused-ring (bicyclic) bond motifs is 1. The molecule has 0 spiro atoms. The molecule has 0 aliphatic carbocycles. The van der Waals surface area contributed by atoms with Gasteiger partial charge in [0.05, 0.1) is 4.88 Å². The zero-order chi connectivity index (χ0) is 14.7. The molecule has 2 aromatic rings. The number of carbonyl (C=O) groups is 2. The van der Waals surface area contributed by atoms with Gasteiger partial charge in [-0.2, -0.15) is 0 Å². The van der Waals surface area contributed by atoms with E-state index in [1.165, 1.54) is 18.2 Å². The van der Waals surface area contributed by atoms with Gasteiger partial charge in [0, 0.05) is 17.7 Å². The topological polar surface area (TPSA) is 86.6 Å². The smallest absolute Gasteiger partial charge is 0.326 e. The number of carboxylic acids is 1. The standard InChI is InChI=1S/C13H12FNO4S/c14-8-1-2-10-7(5-8)6-11(20-10)12(17)15-9(3-4-16)13(18)19/h1-2,5-6,9,16H,3-4H2,(H,15,17)(H,18,19). The predicted molar refractivity (Wildman–Crippen MR) is 72.4 cm³/mol. The van der Waals surface area contributed by atoms with Crippen molar-refractivity contribution in [2.75, 3.05) is 6.61 Å². The number of hydrogen-bond acceptors (Lipinski definition) is 4. The van der Waals surface area contributed by atoms with E-state index in [-0.39, 0.29) is 13.0 Å². The molecular formula is C13H12FNO4S. The van der Waals surface area contributed by atoms with E-state index in [0.29, 0.717) is 10.3 Å². The van der Waals surface area contributed by atoms with Crippen LogP contribution in [0.5, 0.6) is 0 Å². The molecule has 0 aliphatic heterocycles. The summed E-state index contributed by atoms with van der Waals surface area (Å²) in [7, 11) is 0. The lowest BCUT2D eigenvalue weighted by Crippen LogP contribution is -2.41. The van der Waals surface area contributed by atoms with Crippen LogP contribution in [-0.4, -0.2) is 34.7 Å². The Kier molecular flexibility index (Phi) is 4.31. The monoisotopic (exact) mass is 297 g/mol. The number of halogens is 1. The highest BCUT2D eigenvalue weighted by Crippen LogP contribution is 2.26. The largest absolute Gasteiger partial charge is 0.480 e. The molecule has 1 atom stereocenters. The lowest BCUT2D eigenvalue weighted by molar-refractivity contribution is -0.139. The fraction of sp³-hybridized carbons (Fsp3) is 0.231. The van der Waals surface area contributed by atoms with Gasteiger partial charge in [-0.1, -0.05) is 0 Å². The van der Waals surface area contributed by atoms with Gasteiger partial charge in [-0.25, -0.2) is 9.18 Å². The first-order valence-corrected chi connectivity index (χ1v) is 6.66. The van der Waals surface area contributed by atoms with E-state index in [4.69, 9.17) is 10.2 Å². The second-order valence-electron chi connectivity index (χ2n) is 4.17. The van der Waals surface area contributed by atoms with Crippen molar-refractivity contribution in [3.63, 3.8) is 0 Å². The lowest BCUT2D eigenvalue weighted by atomic mass is 10.2. The quantitative estimate of drug-likeness (QED) is 0.782. The third-order valence-electron chi connectivity index (χ3n) is 2.72. The Balaban J connectivity index is 2.20. The first-order valence-electron chi connectivity index (χ1n) is 5.85. The van der Waals surface area contributed by atoms with Gasteiger partial charge in [-0.05, 0) is 29.7 Å². The number of aliphatic hydroxyl groups excluding tert-OH is 1. The molecule has 0 aliphatic rings. The van der Waals surface area contributed by atoms with Crippen LogP contribution in [0.2, 0.25) is 0 Å². The summed E-state index contributed by atoms with van der Waals surface area (Å²) in [6.07, 6.45) is -0.0689. The van der Waals surface area contributed by atoms with E-state index < -0.39 is 23.7 Å². The van der Waals surface area contributed by atoms with Gasteiger partial charge >= 0.3 is 5.97 Å². The van der Waals surface area contributed by atoms with Gasteiger partial charge in [0.1, 0.15) is 11.9 Å².